The number of allylic oxidation sites excluding steroid dienone is 2. The summed E-state index contributed by atoms with van der Waals surface area (Å²) in [5.41, 5.74) is 3.74. The largest absolute Gasteiger partial charge is 0.497 e. The van der Waals surface area contributed by atoms with Crippen molar-refractivity contribution < 1.29 is 47.7 Å². The van der Waals surface area contributed by atoms with Crippen molar-refractivity contribution in [1.82, 2.24) is 0 Å². The molecule has 0 aliphatic rings. The molecule has 0 radical (unpaired) electrons. The van der Waals surface area contributed by atoms with E-state index in [4.69, 9.17) is 23.7 Å². The lowest BCUT2D eigenvalue weighted by Gasteiger charge is -2.11. The molecule has 0 spiro atoms. The fourth-order valence-electron chi connectivity index (χ4n) is 3.92. The van der Waals surface area contributed by atoms with Crippen LogP contribution in [0, 0.1) is 0 Å². The lowest BCUT2D eigenvalue weighted by molar-refractivity contribution is -0.131. The highest BCUT2D eigenvalue weighted by atomic mass is 16.6. The Kier molecular flexibility index (Phi) is 21.1. The molecular weight excluding hydrogens is 688 g/mol. The standard InChI is InChI=1S/C35H28O9.C4H6O.C3H6.C2H6/c1-4-32(36)43-30-19-6-23(22-31(30)44-33(37)5-2)20-21-41-34(38)26-9-7-24(8-10-26)25-11-17-29(18-12-25)42-35(39)27-13-15-28(40-3)16-14-27;1-4(2)3-5;1-3-2;1-2/h4-19,22H,1-2,20-21H2,3H3;3H,1H2,2H3;3H,1H2,2H3;1-2H3. The van der Waals surface area contributed by atoms with E-state index in [2.05, 4.69) is 26.3 Å². The number of benzene rings is 4. The molecular formula is C44H46O10. The van der Waals surface area contributed by atoms with Crippen molar-refractivity contribution in [3.05, 3.63) is 158 Å². The van der Waals surface area contributed by atoms with E-state index in [9.17, 15) is 24.0 Å². The van der Waals surface area contributed by atoms with Gasteiger partial charge >= 0.3 is 23.9 Å². The maximum absolute atomic E-state index is 12.6. The summed E-state index contributed by atoms with van der Waals surface area (Å²) < 4.78 is 26.2. The normalized spacial score (nSPS) is 9.28. The molecule has 54 heavy (non-hydrogen) atoms. The monoisotopic (exact) mass is 734 g/mol. The zero-order valence-electron chi connectivity index (χ0n) is 31.3. The second-order valence-corrected chi connectivity index (χ2v) is 10.5. The minimum Gasteiger partial charge on any atom is -0.497 e. The molecule has 0 aliphatic heterocycles. The summed E-state index contributed by atoms with van der Waals surface area (Å²) in [4.78, 5) is 57.7. The van der Waals surface area contributed by atoms with Gasteiger partial charge < -0.3 is 23.7 Å². The molecule has 0 fully saturated rings. The Morgan fingerprint density at radius 3 is 1.57 bits per heavy atom. The van der Waals surface area contributed by atoms with Crippen LogP contribution >= 0.6 is 0 Å². The Labute approximate surface area is 317 Å². The van der Waals surface area contributed by atoms with E-state index < -0.39 is 23.9 Å². The number of methoxy groups -OCH3 is 1. The summed E-state index contributed by atoms with van der Waals surface area (Å²) >= 11 is 0. The first-order valence-electron chi connectivity index (χ1n) is 16.7. The van der Waals surface area contributed by atoms with Crippen molar-refractivity contribution in [3.8, 4) is 34.1 Å². The quantitative estimate of drug-likeness (QED) is 0.0431. The first-order valence-corrected chi connectivity index (χ1v) is 16.7. The van der Waals surface area contributed by atoms with Crippen molar-refractivity contribution in [2.45, 2.75) is 34.1 Å². The Balaban J connectivity index is 0.00000131. The highest BCUT2D eigenvalue weighted by molar-refractivity contribution is 5.91. The second kappa shape index (κ2) is 25.2. The number of hydrogen-bond donors (Lipinski definition) is 0. The summed E-state index contributed by atoms with van der Waals surface area (Å²) in [5, 5.41) is 0. The molecule has 0 unspecified atom stereocenters. The van der Waals surface area contributed by atoms with Crippen LogP contribution in [0.25, 0.3) is 11.1 Å². The van der Waals surface area contributed by atoms with Gasteiger partial charge in [-0.3, -0.25) is 4.79 Å². The Bertz CT molecular complexity index is 1870. The van der Waals surface area contributed by atoms with E-state index in [-0.39, 0.29) is 18.1 Å². The Hall–Kier alpha value is -6.81. The SMILES string of the molecule is C=C(C)C=O.C=CC.C=CC(=O)Oc1ccc(CCOC(=O)c2ccc(-c3ccc(OC(=O)c4ccc(OC)cc4)cc3)cc2)cc1OC(=O)C=C.CC. The topological polar surface area (TPSA) is 132 Å². The van der Waals surface area contributed by atoms with Crippen LogP contribution < -0.4 is 18.9 Å². The minimum absolute atomic E-state index is 0.0212. The third-order valence-electron chi connectivity index (χ3n) is 6.43. The van der Waals surface area contributed by atoms with Crippen LogP contribution in [0.4, 0.5) is 0 Å². The van der Waals surface area contributed by atoms with Crippen LogP contribution in [-0.2, 0) is 25.5 Å². The molecule has 282 valence electrons. The van der Waals surface area contributed by atoms with Gasteiger partial charge in [0.2, 0.25) is 0 Å². The summed E-state index contributed by atoms with van der Waals surface area (Å²) in [5.74, 6) is -1.32. The molecule has 0 saturated carbocycles. The number of ether oxygens (including phenoxy) is 5. The number of rotatable bonds is 13. The maximum atomic E-state index is 12.6. The van der Waals surface area contributed by atoms with Crippen molar-refractivity contribution in [3.63, 3.8) is 0 Å². The highest BCUT2D eigenvalue weighted by Crippen LogP contribution is 2.29. The number of carbonyl (C=O) groups is 5. The summed E-state index contributed by atoms with van der Waals surface area (Å²) in [6.07, 6.45) is 4.75. The van der Waals surface area contributed by atoms with E-state index in [1.54, 1.807) is 86.8 Å². The van der Waals surface area contributed by atoms with Crippen LogP contribution in [0.1, 0.15) is 54.0 Å². The molecule has 0 N–H and O–H groups in total. The predicted molar refractivity (Wildman–Crippen MR) is 210 cm³/mol. The van der Waals surface area contributed by atoms with Gasteiger partial charge in [-0.05, 0) is 96.8 Å². The van der Waals surface area contributed by atoms with E-state index in [1.165, 1.54) is 12.1 Å². The first-order chi connectivity index (χ1) is 26.0. The molecule has 0 amide bonds. The van der Waals surface area contributed by atoms with E-state index in [0.717, 1.165) is 29.6 Å². The third-order valence-corrected chi connectivity index (χ3v) is 6.43. The van der Waals surface area contributed by atoms with Crippen molar-refractivity contribution >= 4 is 30.2 Å². The summed E-state index contributed by atoms with van der Waals surface area (Å²) in [7, 11) is 1.55. The van der Waals surface area contributed by atoms with Crippen LogP contribution in [0.15, 0.2) is 141 Å². The third kappa shape index (κ3) is 16.0. The lowest BCUT2D eigenvalue weighted by atomic mass is 10.0. The van der Waals surface area contributed by atoms with Gasteiger partial charge in [0, 0.05) is 18.6 Å². The molecule has 10 nitrogen and oxygen atoms in total. The van der Waals surface area contributed by atoms with E-state index in [1.807, 2.05) is 32.9 Å². The van der Waals surface area contributed by atoms with Crippen LogP contribution in [0.5, 0.6) is 23.0 Å². The van der Waals surface area contributed by atoms with E-state index in [0.29, 0.717) is 40.2 Å². The fourth-order valence-corrected chi connectivity index (χ4v) is 3.92. The van der Waals surface area contributed by atoms with Crippen LogP contribution in [0.3, 0.4) is 0 Å². The average molecular weight is 735 g/mol. The molecule has 0 atom stereocenters. The summed E-state index contributed by atoms with van der Waals surface area (Å²) in [6.45, 7) is 21.0. The zero-order chi connectivity index (χ0) is 40.5. The zero-order valence-corrected chi connectivity index (χ0v) is 31.3. The van der Waals surface area contributed by atoms with Crippen molar-refractivity contribution in [2.75, 3.05) is 13.7 Å². The van der Waals surface area contributed by atoms with Gasteiger partial charge in [-0.2, -0.15) is 0 Å². The number of hydrogen-bond acceptors (Lipinski definition) is 10. The van der Waals surface area contributed by atoms with Gasteiger partial charge in [0.05, 0.1) is 24.8 Å². The fraction of sp³-hybridized carbons (Fsp3) is 0.159. The van der Waals surface area contributed by atoms with Gasteiger partial charge in [0.1, 0.15) is 17.8 Å². The molecule has 0 bridgehead atoms. The molecule has 4 aromatic rings. The minimum atomic E-state index is -0.725. The highest BCUT2D eigenvalue weighted by Gasteiger charge is 2.14. The van der Waals surface area contributed by atoms with Gasteiger partial charge in [0.25, 0.3) is 0 Å². The number of carbonyl (C=O) groups excluding carboxylic acids is 5. The van der Waals surface area contributed by atoms with Gasteiger partial charge in [-0.25, -0.2) is 19.2 Å². The maximum Gasteiger partial charge on any atom is 0.343 e. The Morgan fingerprint density at radius 2 is 1.09 bits per heavy atom. The van der Waals surface area contributed by atoms with Gasteiger partial charge in [-0.15, -0.1) is 6.58 Å². The van der Waals surface area contributed by atoms with Gasteiger partial charge in [-0.1, -0.05) is 70.0 Å². The lowest BCUT2D eigenvalue weighted by Crippen LogP contribution is -2.10. The van der Waals surface area contributed by atoms with Crippen LogP contribution in [0.2, 0.25) is 0 Å². The smallest absolute Gasteiger partial charge is 0.343 e. The Morgan fingerprint density at radius 1 is 0.648 bits per heavy atom. The molecule has 0 aliphatic carbocycles. The summed E-state index contributed by atoms with van der Waals surface area (Å²) in [6, 6.07) is 25.2. The number of aldehydes is 1. The average Bonchev–Trinajstić information content (AvgIpc) is 3.20. The molecule has 4 rings (SSSR count). The van der Waals surface area contributed by atoms with Crippen molar-refractivity contribution in [1.29, 1.82) is 0 Å². The predicted octanol–water partition coefficient (Wildman–Crippen LogP) is 9.14. The van der Waals surface area contributed by atoms with E-state index >= 15 is 0 Å². The molecule has 0 aromatic heterocycles. The van der Waals surface area contributed by atoms with Crippen molar-refractivity contribution in [2.24, 2.45) is 0 Å². The van der Waals surface area contributed by atoms with Crippen LogP contribution in [-0.4, -0.2) is 43.9 Å². The second-order valence-electron chi connectivity index (χ2n) is 10.5. The number of esters is 4. The molecule has 10 heteroatoms. The first kappa shape index (κ1) is 45.2. The molecule has 4 aromatic carbocycles. The molecule has 0 heterocycles. The molecule has 0 saturated heterocycles. The van der Waals surface area contributed by atoms with Gasteiger partial charge in [0.15, 0.2) is 11.5 Å².